The van der Waals surface area contributed by atoms with Crippen molar-refractivity contribution in [2.75, 3.05) is 53.1 Å². The highest BCUT2D eigenvalue weighted by molar-refractivity contribution is 7.93. The third-order valence-electron chi connectivity index (χ3n) is 9.20. The average Bonchev–Trinajstić information content (AvgIpc) is 3.38. The summed E-state index contributed by atoms with van der Waals surface area (Å²) in [6.45, 7) is 3.67. The molecular weight excluding hydrogens is 620 g/mol. The molecule has 4 aromatic rings. The number of piperidine rings is 2. The Labute approximate surface area is 264 Å². The number of nitrogens with zero attached hydrogens (tertiary/aromatic N) is 6. The molecule has 0 atom stereocenters. The number of hydrogen-bond donors (Lipinski definition) is 1. The number of ether oxygens (including phenoxy) is 1. The van der Waals surface area contributed by atoms with Gasteiger partial charge in [0.1, 0.15) is 5.82 Å². The van der Waals surface area contributed by atoms with Crippen LogP contribution >= 0.6 is 0 Å². The molecule has 244 valence electrons. The van der Waals surface area contributed by atoms with Crippen LogP contribution in [0.3, 0.4) is 0 Å². The summed E-state index contributed by atoms with van der Waals surface area (Å²) >= 11 is 0. The maximum atomic E-state index is 13.9. The van der Waals surface area contributed by atoms with Gasteiger partial charge in [0.25, 0.3) is 5.92 Å². The van der Waals surface area contributed by atoms with Gasteiger partial charge in [-0.15, -0.1) is 10.2 Å². The highest BCUT2D eigenvalue weighted by Gasteiger charge is 2.44. The average molecular weight is 656 g/mol. The van der Waals surface area contributed by atoms with E-state index in [4.69, 9.17) is 9.15 Å². The number of rotatable bonds is 9. The third-order valence-corrected chi connectivity index (χ3v) is 10.4. The number of fused-ring (bicyclic) bond motifs is 1. The highest BCUT2D eigenvalue weighted by Crippen LogP contribution is 2.54. The lowest BCUT2D eigenvalue weighted by Crippen LogP contribution is -2.40. The van der Waals surface area contributed by atoms with Crippen molar-refractivity contribution in [2.45, 2.75) is 51.4 Å². The van der Waals surface area contributed by atoms with E-state index in [-0.39, 0.29) is 44.3 Å². The number of alkyl halides is 2. The number of aromatic nitrogens is 4. The van der Waals surface area contributed by atoms with E-state index in [1.54, 1.807) is 35.8 Å². The first-order valence-electron chi connectivity index (χ1n) is 15.5. The molecule has 5 heterocycles. The molecule has 1 aliphatic carbocycles. The van der Waals surface area contributed by atoms with Crippen LogP contribution in [0.1, 0.15) is 45.4 Å². The van der Waals surface area contributed by atoms with Crippen LogP contribution < -0.4 is 14.5 Å². The number of benzene rings is 1. The molecular formula is C31H35F2N7O5S. The Morgan fingerprint density at radius 2 is 1.67 bits per heavy atom. The molecule has 15 heteroatoms. The van der Waals surface area contributed by atoms with Crippen molar-refractivity contribution < 1.29 is 31.1 Å². The number of esters is 1. The summed E-state index contributed by atoms with van der Waals surface area (Å²) in [5.74, 6) is -3.13. The Balaban J connectivity index is 1.20. The number of carbonyl (C=O) groups excluding carboxylic acids is 1. The summed E-state index contributed by atoms with van der Waals surface area (Å²) in [6, 6.07) is 10.6. The zero-order valence-corrected chi connectivity index (χ0v) is 26.2. The number of halogens is 2. The smallest absolute Gasteiger partial charge is 0.323 e. The van der Waals surface area contributed by atoms with Crippen molar-refractivity contribution in [3.05, 3.63) is 42.6 Å². The largest absolute Gasteiger partial charge is 0.465 e. The molecule has 0 unspecified atom stereocenters. The molecule has 3 fully saturated rings. The summed E-state index contributed by atoms with van der Waals surface area (Å²) in [6.07, 6.45) is 5.73. The first-order valence-corrected chi connectivity index (χ1v) is 17.2. The summed E-state index contributed by atoms with van der Waals surface area (Å²) in [5.41, 5.74) is 3.48. The van der Waals surface area contributed by atoms with Gasteiger partial charge < -0.3 is 19.0 Å². The second-order valence-electron chi connectivity index (χ2n) is 12.4. The molecule has 12 nitrogen and oxygen atoms in total. The molecule has 1 N–H and O–H groups in total. The van der Waals surface area contributed by atoms with Crippen molar-refractivity contribution in [3.8, 4) is 22.9 Å². The number of anilines is 3. The third kappa shape index (κ3) is 6.24. The molecule has 1 spiro atoms. The van der Waals surface area contributed by atoms with Gasteiger partial charge >= 0.3 is 5.97 Å². The summed E-state index contributed by atoms with van der Waals surface area (Å²) in [5, 5.41) is 13.1. The van der Waals surface area contributed by atoms with Crippen LogP contribution in [0.4, 0.5) is 26.0 Å². The topological polar surface area (TPSA) is 135 Å². The standard InChI is InChI=1S/C31H35F2N7O5S/c1-2-44-27(41)20-46(42,43)37-22-3-4-24(25(19-22)38-13-8-30(6-7-30)9-14-38)29-36-35-28(45-29)21-17-23-5-12-34-40(23)26(18-21)39-15-10-31(32,33)11-16-39/h3-5,12,17-19,37H,2,6-11,13-16,20H2,1H3. The van der Waals surface area contributed by atoms with Gasteiger partial charge in [0, 0.05) is 44.6 Å². The molecule has 46 heavy (non-hydrogen) atoms. The number of sulfonamides is 1. The predicted molar refractivity (Wildman–Crippen MR) is 167 cm³/mol. The van der Waals surface area contributed by atoms with Gasteiger partial charge in [-0.1, -0.05) is 0 Å². The molecule has 0 bridgehead atoms. The fourth-order valence-corrected chi connectivity index (χ4v) is 7.34. The zero-order valence-electron chi connectivity index (χ0n) is 25.4. The Hall–Kier alpha value is -4.27. The molecule has 3 aliphatic rings. The normalized spacial score (nSPS) is 19.0. The fraction of sp³-hybridized carbons (Fsp3) is 0.484. The second kappa shape index (κ2) is 11.5. The van der Waals surface area contributed by atoms with Gasteiger partial charge in [-0.25, -0.2) is 21.7 Å². The van der Waals surface area contributed by atoms with E-state index in [2.05, 4.69) is 24.9 Å². The minimum atomic E-state index is -4.00. The quantitative estimate of drug-likeness (QED) is 0.246. The monoisotopic (exact) mass is 655 g/mol. The maximum absolute atomic E-state index is 13.9. The summed E-state index contributed by atoms with van der Waals surface area (Å²) in [4.78, 5) is 16.0. The molecule has 1 aromatic carbocycles. The zero-order chi connectivity index (χ0) is 32.1. The van der Waals surface area contributed by atoms with Crippen LogP contribution in [0.2, 0.25) is 0 Å². The van der Waals surface area contributed by atoms with Crippen molar-refractivity contribution >= 4 is 38.7 Å². The lowest BCUT2D eigenvalue weighted by Gasteiger charge is -2.35. The van der Waals surface area contributed by atoms with Crippen LogP contribution in [0.5, 0.6) is 0 Å². The maximum Gasteiger partial charge on any atom is 0.323 e. The number of hydrogen-bond acceptors (Lipinski definition) is 10. The van der Waals surface area contributed by atoms with E-state index in [0.717, 1.165) is 37.1 Å². The van der Waals surface area contributed by atoms with Gasteiger partial charge in [0.2, 0.25) is 21.8 Å². The summed E-state index contributed by atoms with van der Waals surface area (Å²) < 4.78 is 68.5. The second-order valence-corrected chi connectivity index (χ2v) is 14.1. The number of nitrogens with one attached hydrogen (secondary N) is 1. The molecule has 2 saturated heterocycles. The molecule has 1 saturated carbocycles. The van der Waals surface area contributed by atoms with Gasteiger partial charge in [-0.2, -0.15) is 5.10 Å². The lowest BCUT2D eigenvalue weighted by molar-refractivity contribution is -0.139. The van der Waals surface area contributed by atoms with Crippen molar-refractivity contribution in [1.82, 2.24) is 19.8 Å². The van der Waals surface area contributed by atoms with Crippen molar-refractivity contribution in [3.63, 3.8) is 0 Å². The Morgan fingerprint density at radius 3 is 2.39 bits per heavy atom. The molecule has 2 aliphatic heterocycles. The molecule has 7 rings (SSSR count). The molecule has 0 radical (unpaired) electrons. The molecule has 3 aromatic heterocycles. The minimum absolute atomic E-state index is 0.0879. The Kier molecular flexibility index (Phi) is 7.60. The van der Waals surface area contributed by atoms with Gasteiger partial charge in [-0.05, 0) is 74.4 Å². The van der Waals surface area contributed by atoms with E-state index >= 15 is 0 Å². The van der Waals surface area contributed by atoms with Crippen LogP contribution in [0.25, 0.3) is 28.4 Å². The van der Waals surface area contributed by atoms with Crippen LogP contribution in [-0.4, -0.2) is 78.7 Å². The van der Waals surface area contributed by atoms with Crippen molar-refractivity contribution in [2.24, 2.45) is 5.41 Å². The lowest BCUT2D eigenvalue weighted by atomic mass is 9.93. The van der Waals surface area contributed by atoms with Crippen LogP contribution in [-0.2, 0) is 19.6 Å². The first kappa shape index (κ1) is 30.4. The van der Waals surface area contributed by atoms with E-state index in [1.165, 1.54) is 12.8 Å². The van der Waals surface area contributed by atoms with E-state index in [0.29, 0.717) is 28.0 Å². The predicted octanol–water partition coefficient (Wildman–Crippen LogP) is 4.97. The summed E-state index contributed by atoms with van der Waals surface area (Å²) in [7, 11) is -4.00. The van der Waals surface area contributed by atoms with Gasteiger partial charge in [-0.3, -0.25) is 9.52 Å². The van der Waals surface area contributed by atoms with Crippen LogP contribution in [0, 0.1) is 5.41 Å². The van der Waals surface area contributed by atoms with E-state index in [1.807, 2.05) is 23.1 Å². The fourth-order valence-electron chi connectivity index (χ4n) is 6.39. The highest BCUT2D eigenvalue weighted by atomic mass is 32.2. The molecule has 0 amide bonds. The van der Waals surface area contributed by atoms with E-state index in [9.17, 15) is 22.0 Å². The van der Waals surface area contributed by atoms with Gasteiger partial charge in [0.15, 0.2) is 5.75 Å². The van der Waals surface area contributed by atoms with Crippen LogP contribution in [0.15, 0.2) is 47.0 Å². The minimum Gasteiger partial charge on any atom is -0.465 e. The first-order chi connectivity index (χ1) is 22.0. The van der Waals surface area contributed by atoms with Gasteiger partial charge in [0.05, 0.1) is 35.3 Å². The van der Waals surface area contributed by atoms with E-state index < -0.39 is 27.7 Å². The number of pyridine rings is 1. The Bertz CT molecular complexity index is 1870. The van der Waals surface area contributed by atoms with Crippen molar-refractivity contribution in [1.29, 1.82) is 0 Å². The Morgan fingerprint density at radius 1 is 0.957 bits per heavy atom. The SMILES string of the molecule is CCOC(=O)CS(=O)(=O)Nc1ccc(-c2nnc(-c3cc(N4CCC(F)(F)CC4)n4nccc4c3)o2)c(N2CCC3(CC2)CC3)c1. The number of carbonyl (C=O) groups is 1.